The maximum Gasteiger partial charge on any atom is 0.266 e. The molecule has 0 fully saturated rings. The first-order valence-corrected chi connectivity index (χ1v) is 15.2. The topological polar surface area (TPSA) is 141 Å². The third-order valence-electron chi connectivity index (χ3n) is 7.84. The van der Waals surface area contributed by atoms with Crippen LogP contribution >= 0.6 is 0 Å². The van der Waals surface area contributed by atoms with Crippen molar-refractivity contribution in [2.24, 2.45) is 0 Å². The fourth-order valence-electron chi connectivity index (χ4n) is 5.34. The van der Waals surface area contributed by atoms with Gasteiger partial charge in [0.2, 0.25) is 0 Å². The first-order chi connectivity index (χ1) is 22.9. The van der Waals surface area contributed by atoms with Crippen molar-refractivity contribution in [2.75, 3.05) is 39.0 Å². The number of aryl methyl sites for hydroxylation is 1. The SMILES string of the molecule is Cc1[nH]c(/C=C2/C(=O)Nc3cc(/C=C/CNC(=O)c4cncn(Cc5ccc(F)c(F)c5)c4=O)ccc32)c(C)c1C(=O)NCCN(C)C. The third-order valence-corrected chi connectivity index (χ3v) is 7.84. The molecule has 0 bridgehead atoms. The summed E-state index contributed by atoms with van der Waals surface area (Å²) in [4.78, 5) is 60.5. The number of hydrogen-bond acceptors (Lipinski definition) is 6. The van der Waals surface area contributed by atoms with Gasteiger partial charge in [-0.25, -0.2) is 13.8 Å². The van der Waals surface area contributed by atoms with Gasteiger partial charge in [0.25, 0.3) is 23.3 Å². The standard InChI is InChI=1S/C35H35F2N7O4/c1-20-29(41-21(2)31(20)34(47)40-12-13-43(3)4)16-25-24-9-7-22(15-30(24)42-33(25)46)6-5-11-39-32(45)26-17-38-19-44(35(26)48)18-23-8-10-27(36)28(37)14-23/h5-10,14-17,19,41H,11-13,18H2,1-4H3,(H,39,45)(H,40,47)(H,42,46)/b6-5+,25-16+. The van der Waals surface area contributed by atoms with Gasteiger partial charge in [-0.05, 0) is 68.9 Å². The van der Waals surface area contributed by atoms with Crippen LogP contribution in [-0.4, -0.2) is 70.9 Å². The molecule has 48 heavy (non-hydrogen) atoms. The van der Waals surface area contributed by atoms with Gasteiger partial charge in [-0.1, -0.05) is 30.4 Å². The molecule has 0 unspecified atom stereocenters. The van der Waals surface area contributed by atoms with E-state index in [1.165, 1.54) is 12.4 Å². The molecule has 2 aromatic carbocycles. The number of amides is 3. The number of aromatic amines is 1. The second-order valence-electron chi connectivity index (χ2n) is 11.6. The highest BCUT2D eigenvalue weighted by molar-refractivity contribution is 6.35. The molecule has 2 aromatic heterocycles. The molecule has 3 heterocycles. The summed E-state index contributed by atoms with van der Waals surface area (Å²) in [5.74, 6) is -3.12. The van der Waals surface area contributed by atoms with E-state index in [0.29, 0.717) is 52.4 Å². The average molecular weight is 656 g/mol. The van der Waals surface area contributed by atoms with E-state index in [4.69, 9.17) is 0 Å². The Hall–Kier alpha value is -5.69. The monoisotopic (exact) mass is 655 g/mol. The maximum absolute atomic E-state index is 13.6. The Morgan fingerprint density at radius 1 is 1.02 bits per heavy atom. The van der Waals surface area contributed by atoms with Crippen molar-refractivity contribution in [1.82, 2.24) is 30.1 Å². The van der Waals surface area contributed by atoms with E-state index in [1.54, 1.807) is 24.3 Å². The van der Waals surface area contributed by atoms with Gasteiger partial charge in [0.15, 0.2) is 11.6 Å². The molecule has 1 aliphatic rings. The number of fused-ring (bicyclic) bond motifs is 1. The van der Waals surface area contributed by atoms with Crippen LogP contribution in [-0.2, 0) is 11.3 Å². The summed E-state index contributed by atoms with van der Waals surface area (Å²) in [6.07, 6.45) is 7.57. The van der Waals surface area contributed by atoms with Crippen molar-refractivity contribution < 1.29 is 23.2 Å². The minimum atomic E-state index is -1.04. The number of halogens is 2. The van der Waals surface area contributed by atoms with Crippen LogP contribution in [0.3, 0.4) is 0 Å². The summed E-state index contributed by atoms with van der Waals surface area (Å²) in [7, 11) is 3.87. The minimum absolute atomic E-state index is 0.0877. The molecule has 4 aromatic rings. The van der Waals surface area contributed by atoms with Crippen LogP contribution in [0.2, 0.25) is 0 Å². The average Bonchev–Trinajstić information content (AvgIpc) is 3.50. The van der Waals surface area contributed by atoms with Gasteiger partial charge >= 0.3 is 0 Å². The number of carbonyl (C=O) groups is 3. The Bertz CT molecular complexity index is 2030. The molecule has 0 aliphatic carbocycles. The van der Waals surface area contributed by atoms with E-state index >= 15 is 0 Å². The normalized spacial score (nSPS) is 13.3. The Morgan fingerprint density at radius 2 is 1.81 bits per heavy atom. The predicted molar refractivity (Wildman–Crippen MR) is 179 cm³/mol. The Labute approximate surface area is 275 Å². The molecule has 0 atom stereocenters. The quantitative estimate of drug-likeness (QED) is 0.182. The number of rotatable bonds is 11. The number of nitrogens with one attached hydrogen (secondary N) is 4. The van der Waals surface area contributed by atoms with E-state index in [2.05, 4.69) is 25.9 Å². The molecule has 3 amide bonds. The third kappa shape index (κ3) is 7.47. The molecule has 0 spiro atoms. The van der Waals surface area contributed by atoms with Crippen LogP contribution in [0.15, 0.2) is 59.8 Å². The van der Waals surface area contributed by atoms with E-state index in [9.17, 15) is 28.0 Å². The maximum atomic E-state index is 13.6. The summed E-state index contributed by atoms with van der Waals surface area (Å²) < 4.78 is 28.0. The first kappa shape index (κ1) is 33.7. The smallest absolute Gasteiger partial charge is 0.266 e. The van der Waals surface area contributed by atoms with Crippen molar-refractivity contribution in [1.29, 1.82) is 0 Å². The number of nitrogens with zero attached hydrogens (tertiary/aromatic N) is 3. The molecule has 4 N–H and O–H groups in total. The molecule has 0 radical (unpaired) electrons. The second-order valence-corrected chi connectivity index (χ2v) is 11.6. The summed E-state index contributed by atoms with van der Waals surface area (Å²) in [5.41, 5.74) is 4.77. The van der Waals surface area contributed by atoms with Gasteiger partial charge in [-0.2, -0.15) is 0 Å². The lowest BCUT2D eigenvalue weighted by Gasteiger charge is -2.10. The minimum Gasteiger partial charge on any atom is -0.358 e. The fourth-order valence-corrected chi connectivity index (χ4v) is 5.34. The summed E-state index contributed by atoms with van der Waals surface area (Å²) in [6.45, 7) is 4.91. The van der Waals surface area contributed by atoms with Gasteiger partial charge in [0.05, 0.1) is 24.0 Å². The lowest BCUT2D eigenvalue weighted by atomic mass is 10.0. The van der Waals surface area contributed by atoms with Crippen LogP contribution in [0.4, 0.5) is 14.5 Å². The fraction of sp³-hybridized carbons (Fsp3) is 0.229. The number of H-pyrrole nitrogens is 1. The first-order valence-electron chi connectivity index (χ1n) is 15.2. The van der Waals surface area contributed by atoms with Gasteiger partial charge in [0, 0.05) is 48.5 Å². The number of carbonyl (C=O) groups excluding carboxylic acids is 3. The molecule has 248 valence electrons. The van der Waals surface area contributed by atoms with Crippen LogP contribution in [0.1, 0.15) is 54.4 Å². The predicted octanol–water partition coefficient (Wildman–Crippen LogP) is 3.74. The van der Waals surface area contributed by atoms with Crippen LogP contribution in [0, 0.1) is 25.5 Å². The molecule has 5 rings (SSSR count). The summed E-state index contributed by atoms with van der Waals surface area (Å²) in [6, 6.07) is 8.76. The van der Waals surface area contributed by atoms with E-state index in [-0.39, 0.29) is 30.5 Å². The summed E-state index contributed by atoms with van der Waals surface area (Å²) in [5, 5.41) is 8.46. The zero-order valence-electron chi connectivity index (χ0n) is 26.9. The number of benzene rings is 2. The number of hydrogen-bond donors (Lipinski definition) is 4. The zero-order valence-corrected chi connectivity index (χ0v) is 26.9. The van der Waals surface area contributed by atoms with Gasteiger partial charge < -0.3 is 25.8 Å². The van der Waals surface area contributed by atoms with E-state index in [0.717, 1.165) is 34.0 Å². The van der Waals surface area contributed by atoms with Crippen molar-refractivity contribution in [3.8, 4) is 0 Å². The number of aromatic nitrogens is 3. The van der Waals surface area contributed by atoms with Gasteiger partial charge in [-0.3, -0.25) is 23.7 Å². The van der Waals surface area contributed by atoms with Crippen LogP contribution in [0.25, 0.3) is 17.7 Å². The summed E-state index contributed by atoms with van der Waals surface area (Å²) >= 11 is 0. The largest absolute Gasteiger partial charge is 0.358 e. The van der Waals surface area contributed by atoms with E-state index < -0.39 is 23.1 Å². The van der Waals surface area contributed by atoms with Crippen molar-refractivity contribution in [3.05, 3.63) is 122 Å². The molecule has 0 saturated carbocycles. The number of likely N-dealkylation sites (N-methyl/N-ethyl adjacent to an activating group) is 1. The molecule has 11 nitrogen and oxygen atoms in total. The lowest BCUT2D eigenvalue weighted by Crippen LogP contribution is -2.33. The highest BCUT2D eigenvalue weighted by atomic mass is 19.2. The Balaban J connectivity index is 1.23. The van der Waals surface area contributed by atoms with Crippen molar-refractivity contribution in [2.45, 2.75) is 20.4 Å². The second kappa shape index (κ2) is 14.4. The van der Waals surface area contributed by atoms with Crippen molar-refractivity contribution in [3.63, 3.8) is 0 Å². The van der Waals surface area contributed by atoms with Gasteiger partial charge in [0.1, 0.15) is 5.56 Å². The molecular weight excluding hydrogens is 620 g/mol. The van der Waals surface area contributed by atoms with Crippen molar-refractivity contribution >= 4 is 41.1 Å². The van der Waals surface area contributed by atoms with Crippen LogP contribution in [0.5, 0.6) is 0 Å². The Morgan fingerprint density at radius 3 is 2.56 bits per heavy atom. The number of anilines is 1. The lowest BCUT2D eigenvalue weighted by molar-refractivity contribution is -0.110. The molecular formula is C35H35F2N7O4. The molecule has 0 saturated heterocycles. The molecule has 13 heteroatoms. The van der Waals surface area contributed by atoms with Gasteiger partial charge in [-0.15, -0.1) is 0 Å². The molecule has 1 aliphatic heterocycles. The Kier molecular flexibility index (Phi) is 10.1. The highest BCUT2D eigenvalue weighted by Gasteiger charge is 2.26. The van der Waals surface area contributed by atoms with E-state index in [1.807, 2.05) is 45.0 Å². The van der Waals surface area contributed by atoms with Crippen LogP contribution < -0.4 is 21.5 Å². The zero-order chi connectivity index (χ0) is 34.5. The highest BCUT2D eigenvalue weighted by Crippen LogP contribution is 2.35.